The third-order valence-electron chi connectivity index (χ3n) is 3.37. The van der Waals surface area contributed by atoms with E-state index in [0.29, 0.717) is 22.1 Å². The summed E-state index contributed by atoms with van der Waals surface area (Å²) in [5.41, 5.74) is 2.72. The van der Waals surface area contributed by atoms with E-state index in [1.807, 2.05) is 26.0 Å². The molecule has 0 aliphatic carbocycles. The zero-order valence-electron chi connectivity index (χ0n) is 16.2. The summed E-state index contributed by atoms with van der Waals surface area (Å²) in [5, 5.41) is 13.0. The van der Waals surface area contributed by atoms with Gasteiger partial charge < -0.3 is 10.4 Å². The molecule has 2 rings (SSSR count). The summed E-state index contributed by atoms with van der Waals surface area (Å²) in [4.78, 5) is 19.9. The molecule has 5 nitrogen and oxygen atoms in total. The summed E-state index contributed by atoms with van der Waals surface area (Å²) in [5.74, 6) is -1.04. The minimum atomic E-state index is -1.04. The van der Waals surface area contributed by atoms with Crippen molar-refractivity contribution in [2.75, 3.05) is 5.32 Å². The smallest absolute Gasteiger partial charge is 0.337 e. The lowest BCUT2D eigenvalue weighted by molar-refractivity contribution is -0.132. The summed E-state index contributed by atoms with van der Waals surface area (Å²) in [6.07, 6.45) is 9.61. The second-order valence-electron chi connectivity index (χ2n) is 5.26. The first kappa shape index (κ1) is 22.9. The number of rotatable bonds is 7. The van der Waals surface area contributed by atoms with E-state index in [0.717, 1.165) is 5.56 Å². The van der Waals surface area contributed by atoms with Gasteiger partial charge in [0.2, 0.25) is 0 Å². The molecule has 0 atom stereocenters. The summed E-state index contributed by atoms with van der Waals surface area (Å²) >= 11 is 6.08. The van der Waals surface area contributed by atoms with Gasteiger partial charge in [-0.2, -0.15) is 0 Å². The SMILES string of the molecule is C=C/C=C\C(C(=O)O)=C(/C)Nc1ccc(Cl)cc1N=Cc1ccncc1.CC. The highest BCUT2D eigenvalue weighted by Crippen LogP contribution is 2.30. The van der Waals surface area contributed by atoms with Crippen LogP contribution in [0, 0.1) is 0 Å². The number of carboxylic acid groups (broad SMARTS) is 1. The number of carboxylic acids is 1. The van der Waals surface area contributed by atoms with Crippen LogP contribution in [0.4, 0.5) is 11.4 Å². The number of aliphatic carboxylic acids is 1. The number of anilines is 1. The average Bonchev–Trinajstić information content (AvgIpc) is 2.70. The minimum absolute atomic E-state index is 0.129. The van der Waals surface area contributed by atoms with Gasteiger partial charge in [-0.15, -0.1) is 0 Å². The highest BCUT2D eigenvalue weighted by Gasteiger charge is 2.10. The van der Waals surface area contributed by atoms with Crippen molar-refractivity contribution in [3.8, 4) is 0 Å². The van der Waals surface area contributed by atoms with Gasteiger partial charge in [0.15, 0.2) is 0 Å². The molecule has 2 aromatic rings. The number of hydrogen-bond donors (Lipinski definition) is 2. The number of benzene rings is 1. The lowest BCUT2D eigenvalue weighted by atomic mass is 10.1. The fraction of sp³-hybridized carbons (Fsp3) is 0.136. The fourth-order valence-corrected chi connectivity index (χ4v) is 2.27. The van der Waals surface area contributed by atoms with Crippen LogP contribution in [0.3, 0.4) is 0 Å². The van der Waals surface area contributed by atoms with Gasteiger partial charge in [-0.3, -0.25) is 9.98 Å². The molecule has 1 heterocycles. The second-order valence-corrected chi connectivity index (χ2v) is 5.70. The average molecular weight is 398 g/mol. The van der Waals surface area contributed by atoms with E-state index in [1.165, 1.54) is 12.2 Å². The highest BCUT2D eigenvalue weighted by molar-refractivity contribution is 6.31. The van der Waals surface area contributed by atoms with Gasteiger partial charge in [0.1, 0.15) is 0 Å². The molecule has 0 unspecified atom stereocenters. The van der Waals surface area contributed by atoms with Crippen molar-refractivity contribution in [2.45, 2.75) is 20.8 Å². The lowest BCUT2D eigenvalue weighted by Crippen LogP contribution is -2.07. The molecule has 6 heteroatoms. The Balaban J connectivity index is 0.00000190. The van der Waals surface area contributed by atoms with Crippen molar-refractivity contribution in [1.82, 2.24) is 4.98 Å². The Labute approximate surface area is 170 Å². The monoisotopic (exact) mass is 397 g/mol. The van der Waals surface area contributed by atoms with Crippen molar-refractivity contribution >= 4 is 35.2 Å². The maximum atomic E-state index is 11.4. The standard InChI is InChI=1S/C20H18ClN3O2.C2H6/c1-3-4-5-17(20(25)26)14(2)24-18-7-6-16(21)12-19(18)23-13-15-8-10-22-11-9-15;1-2/h3-13,24H,1H2,2H3,(H,25,26);1-2H3/b5-4-,17-14-,23-13?;. The fourth-order valence-electron chi connectivity index (χ4n) is 2.10. The number of nitrogens with zero attached hydrogens (tertiary/aromatic N) is 2. The predicted molar refractivity (Wildman–Crippen MR) is 118 cm³/mol. The van der Waals surface area contributed by atoms with Gasteiger partial charge in [0.25, 0.3) is 0 Å². The molecule has 0 spiro atoms. The Hall–Kier alpha value is -3.18. The molecule has 0 aliphatic heterocycles. The molecule has 0 saturated carbocycles. The first-order valence-corrected chi connectivity index (χ1v) is 9.13. The highest BCUT2D eigenvalue weighted by atomic mass is 35.5. The predicted octanol–water partition coefficient (Wildman–Crippen LogP) is 6.02. The molecular formula is C22H24ClN3O2. The van der Waals surface area contributed by atoms with Crippen LogP contribution < -0.4 is 5.32 Å². The number of pyridine rings is 1. The summed E-state index contributed by atoms with van der Waals surface area (Å²) in [7, 11) is 0. The van der Waals surface area contributed by atoms with Crippen molar-refractivity contribution in [2.24, 2.45) is 4.99 Å². The molecule has 146 valence electrons. The Morgan fingerprint density at radius 3 is 2.54 bits per heavy atom. The largest absolute Gasteiger partial charge is 0.478 e. The molecule has 0 saturated heterocycles. The molecule has 2 N–H and O–H groups in total. The molecular weight excluding hydrogens is 374 g/mol. The summed E-state index contributed by atoms with van der Waals surface area (Å²) < 4.78 is 0. The molecule has 0 aliphatic rings. The maximum absolute atomic E-state index is 11.4. The third-order valence-corrected chi connectivity index (χ3v) is 3.61. The Bertz CT molecular complexity index is 888. The summed E-state index contributed by atoms with van der Waals surface area (Å²) in [6.45, 7) is 9.23. The van der Waals surface area contributed by atoms with Crippen molar-refractivity contribution < 1.29 is 9.90 Å². The minimum Gasteiger partial charge on any atom is -0.478 e. The molecule has 0 bridgehead atoms. The van der Waals surface area contributed by atoms with Crippen LogP contribution in [0.25, 0.3) is 0 Å². The van der Waals surface area contributed by atoms with E-state index in [-0.39, 0.29) is 5.57 Å². The number of allylic oxidation sites excluding steroid dienone is 3. The van der Waals surface area contributed by atoms with Crippen LogP contribution in [0.2, 0.25) is 5.02 Å². The van der Waals surface area contributed by atoms with Crippen molar-refractivity contribution in [3.05, 3.63) is 89.4 Å². The maximum Gasteiger partial charge on any atom is 0.337 e. The lowest BCUT2D eigenvalue weighted by Gasteiger charge is -2.12. The van der Waals surface area contributed by atoms with Crippen LogP contribution in [-0.4, -0.2) is 22.3 Å². The Kier molecular flexibility index (Phi) is 10.0. The topological polar surface area (TPSA) is 74.6 Å². The van der Waals surface area contributed by atoms with Crippen LogP contribution in [0.1, 0.15) is 26.3 Å². The summed E-state index contributed by atoms with van der Waals surface area (Å²) in [6, 6.07) is 8.82. The number of hydrogen-bond acceptors (Lipinski definition) is 4. The van der Waals surface area contributed by atoms with E-state index >= 15 is 0 Å². The van der Waals surface area contributed by atoms with Gasteiger partial charge in [-0.25, -0.2) is 4.79 Å². The van der Waals surface area contributed by atoms with Gasteiger partial charge in [-0.05, 0) is 48.9 Å². The molecule has 1 aromatic carbocycles. The van der Waals surface area contributed by atoms with Gasteiger partial charge in [0, 0.05) is 29.3 Å². The van der Waals surface area contributed by atoms with Crippen molar-refractivity contribution in [3.63, 3.8) is 0 Å². The first-order valence-electron chi connectivity index (χ1n) is 8.75. The number of aromatic nitrogens is 1. The van der Waals surface area contributed by atoms with E-state index in [2.05, 4.69) is 21.9 Å². The number of nitrogens with one attached hydrogen (secondary N) is 1. The van der Waals surface area contributed by atoms with Crippen LogP contribution in [-0.2, 0) is 4.79 Å². The zero-order valence-corrected chi connectivity index (χ0v) is 16.9. The molecule has 0 amide bonds. The Morgan fingerprint density at radius 1 is 1.25 bits per heavy atom. The Morgan fingerprint density at radius 2 is 1.93 bits per heavy atom. The second kappa shape index (κ2) is 12.3. The van der Waals surface area contributed by atoms with Crippen molar-refractivity contribution in [1.29, 1.82) is 0 Å². The van der Waals surface area contributed by atoms with Crippen LogP contribution >= 0.6 is 11.6 Å². The quantitative estimate of drug-likeness (QED) is 0.340. The van der Waals surface area contributed by atoms with Gasteiger partial charge >= 0.3 is 5.97 Å². The van der Waals surface area contributed by atoms with Gasteiger partial charge in [0.05, 0.1) is 16.9 Å². The number of aliphatic imine (C=N–C) groups is 1. The molecule has 0 radical (unpaired) electrons. The van der Waals surface area contributed by atoms with E-state index in [4.69, 9.17) is 11.6 Å². The van der Waals surface area contributed by atoms with E-state index in [1.54, 1.807) is 49.8 Å². The molecule has 28 heavy (non-hydrogen) atoms. The van der Waals surface area contributed by atoms with Gasteiger partial charge in [-0.1, -0.05) is 44.2 Å². The first-order chi connectivity index (χ1) is 13.5. The van der Waals surface area contributed by atoms with E-state index < -0.39 is 5.97 Å². The van der Waals surface area contributed by atoms with E-state index in [9.17, 15) is 9.90 Å². The molecule has 0 fully saturated rings. The third kappa shape index (κ3) is 7.21. The normalized spacial score (nSPS) is 11.6. The van der Waals surface area contributed by atoms with Crippen LogP contribution in [0.5, 0.6) is 0 Å². The molecule has 1 aromatic heterocycles. The van der Waals surface area contributed by atoms with Crippen LogP contribution in [0.15, 0.2) is 83.8 Å². The number of halogens is 1. The zero-order chi connectivity index (χ0) is 20.9. The number of carbonyl (C=O) groups is 1.